The summed E-state index contributed by atoms with van der Waals surface area (Å²) in [5.74, 6) is -0.799. The Kier molecular flexibility index (Phi) is 7.56. The number of hydrogen-bond donors (Lipinski definition) is 1. The first kappa shape index (κ1) is 14.9. The number of esters is 1. The van der Waals surface area contributed by atoms with E-state index >= 15 is 0 Å². The van der Waals surface area contributed by atoms with Gasteiger partial charge in [-0.05, 0) is 33.6 Å². The lowest BCUT2D eigenvalue weighted by Gasteiger charge is -2.17. The van der Waals surface area contributed by atoms with Crippen molar-refractivity contribution in [2.45, 2.75) is 39.7 Å². The Balaban J connectivity index is 4.21. The second-order valence-electron chi connectivity index (χ2n) is 4.12. The third kappa shape index (κ3) is 6.40. The van der Waals surface area contributed by atoms with Crippen molar-refractivity contribution in [2.75, 3.05) is 6.61 Å². The second kappa shape index (κ2) is 8.11. The maximum Gasteiger partial charge on any atom is 0.311 e. The van der Waals surface area contributed by atoms with E-state index in [0.717, 1.165) is 6.42 Å². The van der Waals surface area contributed by atoms with E-state index in [9.17, 15) is 9.90 Å². The van der Waals surface area contributed by atoms with Crippen LogP contribution in [0.2, 0.25) is 0 Å². The van der Waals surface area contributed by atoms with Crippen molar-refractivity contribution in [3.05, 3.63) is 24.3 Å². The SMILES string of the molecule is C=CCOC(=O)C(CCC=C(C)C)C(C)O. The van der Waals surface area contributed by atoms with Gasteiger partial charge < -0.3 is 9.84 Å². The summed E-state index contributed by atoms with van der Waals surface area (Å²) in [5.41, 5.74) is 1.21. The lowest BCUT2D eigenvalue weighted by molar-refractivity contribution is -0.151. The Morgan fingerprint density at radius 2 is 2.12 bits per heavy atom. The van der Waals surface area contributed by atoms with Crippen LogP contribution in [-0.2, 0) is 9.53 Å². The lowest BCUT2D eigenvalue weighted by atomic mass is 9.97. The second-order valence-corrected chi connectivity index (χ2v) is 4.12. The fourth-order valence-corrected chi connectivity index (χ4v) is 1.36. The molecular weight excluding hydrogens is 204 g/mol. The molecule has 0 aromatic rings. The number of aliphatic hydroxyl groups excluding tert-OH is 1. The van der Waals surface area contributed by atoms with Gasteiger partial charge in [0.05, 0.1) is 12.0 Å². The normalized spacial score (nSPS) is 13.8. The Hall–Kier alpha value is -1.09. The number of aliphatic hydroxyl groups is 1. The van der Waals surface area contributed by atoms with Gasteiger partial charge in [0, 0.05) is 0 Å². The van der Waals surface area contributed by atoms with Crippen molar-refractivity contribution in [1.29, 1.82) is 0 Å². The molecule has 0 radical (unpaired) electrons. The third-order valence-corrected chi connectivity index (χ3v) is 2.26. The maximum atomic E-state index is 11.6. The Bertz CT molecular complexity index is 250. The van der Waals surface area contributed by atoms with E-state index in [1.807, 2.05) is 13.8 Å². The molecule has 0 aromatic carbocycles. The smallest absolute Gasteiger partial charge is 0.311 e. The van der Waals surface area contributed by atoms with E-state index in [1.165, 1.54) is 11.6 Å². The van der Waals surface area contributed by atoms with Crippen molar-refractivity contribution < 1.29 is 14.6 Å². The molecule has 0 spiro atoms. The minimum absolute atomic E-state index is 0.199. The van der Waals surface area contributed by atoms with Crippen LogP contribution in [0.15, 0.2) is 24.3 Å². The highest BCUT2D eigenvalue weighted by atomic mass is 16.5. The predicted octanol–water partition coefficient (Wildman–Crippen LogP) is 2.46. The number of rotatable bonds is 7. The van der Waals surface area contributed by atoms with Gasteiger partial charge in [0.1, 0.15) is 6.61 Å². The van der Waals surface area contributed by atoms with E-state index in [0.29, 0.717) is 6.42 Å². The summed E-state index contributed by atoms with van der Waals surface area (Å²) in [4.78, 5) is 11.6. The quantitative estimate of drug-likeness (QED) is 0.536. The standard InChI is InChI=1S/C13H22O3/c1-5-9-16-13(15)12(11(4)14)8-6-7-10(2)3/h5,7,11-12,14H,1,6,8-9H2,2-4H3. The van der Waals surface area contributed by atoms with Crippen LogP contribution in [0.3, 0.4) is 0 Å². The highest BCUT2D eigenvalue weighted by Crippen LogP contribution is 2.15. The van der Waals surface area contributed by atoms with Crippen LogP contribution in [0.4, 0.5) is 0 Å². The zero-order chi connectivity index (χ0) is 12.6. The van der Waals surface area contributed by atoms with Gasteiger partial charge in [-0.2, -0.15) is 0 Å². The van der Waals surface area contributed by atoms with Gasteiger partial charge in [-0.15, -0.1) is 0 Å². The molecule has 2 atom stereocenters. The summed E-state index contributed by atoms with van der Waals surface area (Å²) in [7, 11) is 0. The monoisotopic (exact) mass is 226 g/mol. The number of carbonyl (C=O) groups is 1. The molecule has 0 aromatic heterocycles. The number of carbonyl (C=O) groups excluding carboxylic acids is 1. The molecule has 0 aliphatic heterocycles. The van der Waals surface area contributed by atoms with E-state index in [-0.39, 0.29) is 12.6 Å². The van der Waals surface area contributed by atoms with Crippen molar-refractivity contribution in [3.8, 4) is 0 Å². The molecule has 0 rings (SSSR count). The average molecular weight is 226 g/mol. The van der Waals surface area contributed by atoms with Crippen LogP contribution < -0.4 is 0 Å². The van der Waals surface area contributed by atoms with Gasteiger partial charge in [-0.3, -0.25) is 4.79 Å². The fraction of sp³-hybridized carbons (Fsp3) is 0.615. The summed E-state index contributed by atoms with van der Waals surface area (Å²) in [5, 5.41) is 9.50. The first-order valence-corrected chi connectivity index (χ1v) is 5.58. The number of ether oxygens (including phenoxy) is 1. The summed E-state index contributed by atoms with van der Waals surface area (Å²) in [6.45, 7) is 9.30. The summed E-state index contributed by atoms with van der Waals surface area (Å²) < 4.78 is 4.93. The van der Waals surface area contributed by atoms with Gasteiger partial charge in [-0.1, -0.05) is 24.3 Å². The zero-order valence-electron chi connectivity index (χ0n) is 10.4. The highest BCUT2D eigenvalue weighted by molar-refractivity contribution is 5.73. The van der Waals surface area contributed by atoms with Gasteiger partial charge in [-0.25, -0.2) is 0 Å². The van der Waals surface area contributed by atoms with Crippen molar-refractivity contribution in [2.24, 2.45) is 5.92 Å². The van der Waals surface area contributed by atoms with Gasteiger partial charge in [0.2, 0.25) is 0 Å². The molecule has 2 unspecified atom stereocenters. The van der Waals surface area contributed by atoms with Crippen LogP contribution in [0.1, 0.15) is 33.6 Å². The summed E-state index contributed by atoms with van der Waals surface area (Å²) in [6, 6.07) is 0. The van der Waals surface area contributed by atoms with Crippen molar-refractivity contribution in [3.63, 3.8) is 0 Å². The molecule has 0 saturated carbocycles. The first-order valence-electron chi connectivity index (χ1n) is 5.58. The van der Waals surface area contributed by atoms with Crippen LogP contribution in [-0.4, -0.2) is 23.8 Å². The van der Waals surface area contributed by atoms with Crippen molar-refractivity contribution in [1.82, 2.24) is 0 Å². The Morgan fingerprint density at radius 1 is 1.50 bits per heavy atom. The number of hydrogen-bond acceptors (Lipinski definition) is 3. The molecule has 0 bridgehead atoms. The number of allylic oxidation sites excluding steroid dienone is 2. The highest BCUT2D eigenvalue weighted by Gasteiger charge is 2.23. The Labute approximate surface area is 97.8 Å². The van der Waals surface area contributed by atoms with E-state index in [2.05, 4.69) is 12.7 Å². The van der Waals surface area contributed by atoms with E-state index in [4.69, 9.17) is 4.74 Å². The molecule has 3 heteroatoms. The molecular formula is C13H22O3. The van der Waals surface area contributed by atoms with Crippen LogP contribution in [0.25, 0.3) is 0 Å². The molecule has 0 aliphatic carbocycles. The zero-order valence-corrected chi connectivity index (χ0v) is 10.4. The van der Waals surface area contributed by atoms with Crippen molar-refractivity contribution >= 4 is 5.97 Å². The van der Waals surface area contributed by atoms with Gasteiger partial charge in [0.15, 0.2) is 0 Å². The molecule has 0 fully saturated rings. The largest absolute Gasteiger partial charge is 0.461 e. The van der Waals surface area contributed by atoms with Crippen LogP contribution >= 0.6 is 0 Å². The molecule has 0 aliphatic rings. The molecule has 0 amide bonds. The molecule has 16 heavy (non-hydrogen) atoms. The molecule has 0 heterocycles. The van der Waals surface area contributed by atoms with Gasteiger partial charge >= 0.3 is 5.97 Å². The molecule has 92 valence electrons. The Morgan fingerprint density at radius 3 is 2.56 bits per heavy atom. The third-order valence-electron chi connectivity index (χ3n) is 2.26. The van der Waals surface area contributed by atoms with Gasteiger partial charge in [0.25, 0.3) is 0 Å². The predicted molar refractivity (Wildman–Crippen MR) is 65.0 cm³/mol. The average Bonchev–Trinajstić information content (AvgIpc) is 2.20. The summed E-state index contributed by atoms with van der Waals surface area (Å²) in [6.07, 6.45) is 4.28. The topological polar surface area (TPSA) is 46.5 Å². The molecule has 1 N–H and O–H groups in total. The lowest BCUT2D eigenvalue weighted by Crippen LogP contribution is -2.27. The first-order chi connectivity index (χ1) is 7.49. The van der Waals surface area contributed by atoms with E-state index < -0.39 is 12.0 Å². The van der Waals surface area contributed by atoms with E-state index in [1.54, 1.807) is 6.92 Å². The minimum Gasteiger partial charge on any atom is -0.461 e. The summed E-state index contributed by atoms with van der Waals surface area (Å²) >= 11 is 0. The molecule has 0 saturated heterocycles. The van der Waals surface area contributed by atoms with Crippen LogP contribution in [0, 0.1) is 5.92 Å². The van der Waals surface area contributed by atoms with Crippen LogP contribution in [0.5, 0.6) is 0 Å². The fourth-order valence-electron chi connectivity index (χ4n) is 1.36. The minimum atomic E-state index is -0.678. The molecule has 3 nitrogen and oxygen atoms in total. The maximum absolute atomic E-state index is 11.6.